The number of hydrogen-bond donors (Lipinski definition) is 2. The lowest BCUT2D eigenvalue weighted by Gasteiger charge is -2.19. The summed E-state index contributed by atoms with van der Waals surface area (Å²) in [6.45, 7) is 1.49. The molecule has 78 valence electrons. The fourth-order valence-corrected chi connectivity index (χ4v) is 1.88. The molecule has 1 aliphatic heterocycles. The second-order valence-electron chi connectivity index (χ2n) is 3.61. The van der Waals surface area contributed by atoms with Gasteiger partial charge in [0.05, 0.1) is 0 Å². The lowest BCUT2D eigenvalue weighted by molar-refractivity contribution is -0.114. The molecule has 0 bridgehead atoms. The third kappa shape index (κ3) is 2.07. The van der Waals surface area contributed by atoms with Crippen molar-refractivity contribution >= 4 is 11.5 Å². The van der Waals surface area contributed by atoms with Crippen molar-refractivity contribution in [3.63, 3.8) is 0 Å². The number of amides is 1. The van der Waals surface area contributed by atoms with Gasteiger partial charge in [0.1, 0.15) is 0 Å². The molecule has 1 aromatic rings. The van der Waals surface area contributed by atoms with Gasteiger partial charge in [-0.3, -0.25) is 4.79 Å². The predicted octanol–water partition coefficient (Wildman–Crippen LogP) is 0.919. The Morgan fingerprint density at radius 2 is 2.00 bits per heavy atom. The molecule has 1 amide bonds. The van der Waals surface area contributed by atoms with Crippen molar-refractivity contribution in [2.24, 2.45) is 5.73 Å². The van der Waals surface area contributed by atoms with E-state index in [-0.39, 0.29) is 5.91 Å². The van der Waals surface area contributed by atoms with E-state index in [4.69, 9.17) is 5.73 Å². The average molecular weight is 202 g/mol. The van der Waals surface area contributed by atoms with E-state index in [9.17, 15) is 4.79 Å². The summed E-state index contributed by atoms with van der Waals surface area (Å²) in [5.41, 5.74) is 8.26. The lowest BCUT2D eigenvalue weighted by atomic mass is 9.94. The predicted molar refractivity (Wildman–Crippen MR) is 60.0 cm³/mol. The Balaban J connectivity index is 2.44. The maximum atomic E-state index is 11.3. The fourth-order valence-electron chi connectivity index (χ4n) is 1.88. The molecule has 0 radical (unpaired) electrons. The second-order valence-corrected chi connectivity index (χ2v) is 3.61. The summed E-state index contributed by atoms with van der Waals surface area (Å²) >= 11 is 0. The highest BCUT2D eigenvalue weighted by molar-refractivity contribution is 6.01. The highest BCUT2D eigenvalue weighted by Gasteiger charge is 2.17. The van der Waals surface area contributed by atoms with Crippen molar-refractivity contribution in [2.45, 2.75) is 6.42 Å². The summed E-state index contributed by atoms with van der Waals surface area (Å²) < 4.78 is 0. The Hall–Kier alpha value is -1.61. The zero-order chi connectivity index (χ0) is 10.7. The quantitative estimate of drug-likeness (QED) is 0.749. The first-order valence-electron chi connectivity index (χ1n) is 5.07. The van der Waals surface area contributed by atoms with Crippen molar-refractivity contribution in [3.8, 4) is 0 Å². The van der Waals surface area contributed by atoms with E-state index >= 15 is 0 Å². The molecule has 1 heterocycles. The summed E-state index contributed by atoms with van der Waals surface area (Å²) in [5, 5.41) is 3.16. The third-order valence-corrected chi connectivity index (χ3v) is 2.64. The Morgan fingerprint density at radius 1 is 1.27 bits per heavy atom. The molecule has 0 saturated heterocycles. The summed E-state index contributed by atoms with van der Waals surface area (Å²) in [4.78, 5) is 11.3. The second kappa shape index (κ2) is 4.28. The number of carbonyl (C=O) groups is 1. The van der Waals surface area contributed by atoms with Crippen LogP contribution < -0.4 is 11.1 Å². The topological polar surface area (TPSA) is 55.1 Å². The molecule has 0 aromatic heterocycles. The minimum Gasteiger partial charge on any atom is -0.366 e. The van der Waals surface area contributed by atoms with Gasteiger partial charge in [0.2, 0.25) is 5.91 Å². The van der Waals surface area contributed by atoms with Crippen molar-refractivity contribution in [2.75, 3.05) is 13.1 Å². The van der Waals surface area contributed by atoms with Gasteiger partial charge in [0.25, 0.3) is 0 Å². The van der Waals surface area contributed by atoms with Gasteiger partial charge in [-0.25, -0.2) is 0 Å². The maximum Gasteiger partial charge on any atom is 0.246 e. The molecule has 15 heavy (non-hydrogen) atoms. The number of benzene rings is 1. The molecule has 0 fully saturated rings. The number of rotatable bonds is 2. The molecule has 2 rings (SSSR count). The van der Waals surface area contributed by atoms with Crippen LogP contribution >= 0.6 is 0 Å². The van der Waals surface area contributed by atoms with E-state index in [1.54, 1.807) is 0 Å². The Labute approximate surface area is 89.0 Å². The first-order valence-corrected chi connectivity index (χ1v) is 5.07. The fraction of sp³-hybridized carbons (Fsp3) is 0.250. The van der Waals surface area contributed by atoms with Crippen molar-refractivity contribution in [3.05, 3.63) is 41.5 Å². The molecule has 1 aliphatic rings. The lowest BCUT2D eigenvalue weighted by Crippen LogP contribution is -2.31. The number of nitrogens with two attached hydrogens (primary N) is 1. The monoisotopic (exact) mass is 202 g/mol. The van der Waals surface area contributed by atoms with E-state index in [0.29, 0.717) is 12.1 Å². The first kappa shape index (κ1) is 9.93. The van der Waals surface area contributed by atoms with Gasteiger partial charge in [-0.2, -0.15) is 0 Å². The minimum absolute atomic E-state index is 0.318. The highest BCUT2D eigenvalue weighted by Crippen LogP contribution is 2.23. The van der Waals surface area contributed by atoms with Crippen molar-refractivity contribution in [1.82, 2.24) is 5.32 Å². The molecule has 3 nitrogen and oxygen atoms in total. The van der Waals surface area contributed by atoms with E-state index in [0.717, 1.165) is 24.1 Å². The zero-order valence-electron chi connectivity index (χ0n) is 8.49. The number of hydrogen-bond acceptors (Lipinski definition) is 2. The highest BCUT2D eigenvalue weighted by atomic mass is 16.1. The largest absolute Gasteiger partial charge is 0.366 e. The van der Waals surface area contributed by atoms with E-state index in [2.05, 4.69) is 5.32 Å². The Kier molecular flexibility index (Phi) is 2.83. The molecule has 1 aromatic carbocycles. The smallest absolute Gasteiger partial charge is 0.246 e. The number of nitrogens with one attached hydrogen (secondary N) is 1. The first-order chi connectivity index (χ1) is 7.29. The van der Waals surface area contributed by atoms with Gasteiger partial charge in [0, 0.05) is 12.1 Å². The van der Waals surface area contributed by atoms with Gasteiger partial charge >= 0.3 is 0 Å². The van der Waals surface area contributed by atoms with Gasteiger partial charge in [-0.15, -0.1) is 0 Å². The van der Waals surface area contributed by atoms with Crippen LogP contribution in [0, 0.1) is 0 Å². The van der Waals surface area contributed by atoms with Crippen LogP contribution in [0.15, 0.2) is 35.9 Å². The van der Waals surface area contributed by atoms with Gasteiger partial charge < -0.3 is 11.1 Å². The summed E-state index contributed by atoms with van der Waals surface area (Å²) in [7, 11) is 0. The molecule has 0 spiro atoms. The van der Waals surface area contributed by atoms with Crippen LogP contribution in [0.2, 0.25) is 0 Å². The van der Waals surface area contributed by atoms with Gasteiger partial charge in [-0.1, -0.05) is 30.3 Å². The molecule has 0 aliphatic carbocycles. The molecule has 0 saturated carbocycles. The van der Waals surface area contributed by atoms with Crippen LogP contribution in [-0.2, 0) is 4.79 Å². The van der Waals surface area contributed by atoms with Gasteiger partial charge in [-0.05, 0) is 24.1 Å². The van der Waals surface area contributed by atoms with Crippen LogP contribution in [0.25, 0.3) is 5.57 Å². The summed E-state index contributed by atoms with van der Waals surface area (Å²) in [5.74, 6) is -0.318. The van der Waals surface area contributed by atoms with Crippen LogP contribution in [0.4, 0.5) is 0 Å². The molecule has 3 heteroatoms. The number of carbonyl (C=O) groups excluding carboxylic acids is 1. The van der Waals surface area contributed by atoms with Crippen LogP contribution in [0.1, 0.15) is 12.0 Å². The summed E-state index contributed by atoms with van der Waals surface area (Å²) in [6, 6.07) is 9.95. The number of primary amides is 1. The van der Waals surface area contributed by atoms with Crippen molar-refractivity contribution < 1.29 is 4.79 Å². The summed E-state index contributed by atoms with van der Waals surface area (Å²) in [6.07, 6.45) is 0.863. The minimum atomic E-state index is -0.318. The Morgan fingerprint density at radius 3 is 2.67 bits per heavy atom. The molecule has 0 unspecified atom stereocenters. The normalized spacial score (nSPS) is 16.5. The molecular weight excluding hydrogens is 188 g/mol. The third-order valence-electron chi connectivity index (χ3n) is 2.64. The standard InChI is InChI=1S/C12H14N2O/c13-12(15)11-8-14-7-6-10(11)9-4-2-1-3-5-9/h1-5,14H,6-8H2,(H2,13,15). The van der Waals surface area contributed by atoms with Crippen LogP contribution in [0.5, 0.6) is 0 Å². The van der Waals surface area contributed by atoms with Crippen molar-refractivity contribution in [1.29, 1.82) is 0 Å². The molecule has 0 atom stereocenters. The van der Waals surface area contributed by atoms with Crippen LogP contribution in [0.3, 0.4) is 0 Å². The molecule has 3 N–H and O–H groups in total. The average Bonchev–Trinajstić information content (AvgIpc) is 2.30. The SMILES string of the molecule is NC(=O)C1=C(c2ccccc2)CCNC1. The maximum absolute atomic E-state index is 11.3. The molecular formula is C12H14N2O. The van der Waals surface area contributed by atoms with E-state index in [1.165, 1.54) is 0 Å². The van der Waals surface area contributed by atoms with E-state index < -0.39 is 0 Å². The Bertz CT molecular complexity index is 395. The van der Waals surface area contributed by atoms with E-state index in [1.807, 2.05) is 30.3 Å². The van der Waals surface area contributed by atoms with Gasteiger partial charge in [0.15, 0.2) is 0 Å². The van der Waals surface area contributed by atoms with Crippen LogP contribution in [-0.4, -0.2) is 19.0 Å². The zero-order valence-corrected chi connectivity index (χ0v) is 8.49.